The van der Waals surface area contributed by atoms with Crippen LogP contribution in [0.3, 0.4) is 0 Å². The average Bonchev–Trinajstić information content (AvgIpc) is 2.38. The van der Waals surface area contributed by atoms with Crippen LogP contribution in [0.4, 0.5) is 0 Å². The number of aromatic hydroxyl groups is 2. The molecule has 0 heterocycles. The second kappa shape index (κ2) is 6.64. The smallest absolute Gasteiger partial charge is 0.123 e. The van der Waals surface area contributed by atoms with Crippen molar-refractivity contribution in [1.29, 1.82) is 0 Å². The minimum absolute atomic E-state index is 0.110. The average molecular weight is 249 g/mol. The number of rotatable bonds is 5. The van der Waals surface area contributed by atoms with Crippen molar-refractivity contribution in [3.05, 3.63) is 23.8 Å². The second-order valence-electron chi connectivity index (χ2n) is 5.28. The lowest BCUT2D eigenvalue weighted by molar-refractivity contribution is 0.333. The highest BCUT2D eigenvalue weighted by atomic mass is 16.3. The maximum atomic E-state index is 9.64. The van der Waals surface area contributed by atoms with Gasteiger partial charge in [0.25, 0.3) is 0 Å². The second-order valence-corrected chi connectivity index (χ2v) is 5.28. The van der Waals surface area contributed by atoms with Gasteiger partial charge in [-0.05, 0) is 24.9 Å². The number of hydrogen-bond acceptors (Lipinski definition) is 3. The maximum Gasteiger partial charge on any atom is 0.123 e. The summed E-state index contributed by atoms with van der Waals surface area (Å²) >= 11 is 0. The minimum atomic E-state index is 0.110. The van der Waals surface area contributed by atoms with E-state index in [0.29, 0.717) is 6.54 Å². The zero-order chi connectivity index (χ0) is 12.8. The zero-order valence-electron chi connectivity index (χ0n) is 10.9. The van der Waals surface area contributed by atoms with Gasteiger partial charge in [0.15, 0.2) is 0 Å². The van der Waals surface area contributed by atoms with Crippen molar-refractivity contribution in [3.8, 4) is 11.5 Å². The van der Waals surface area contributed by atoms with E-state index in [9.17, 15) is 10.2 Å². The molecule has 0 bridgehead atoms. The molecule has 0 aromatic heterocycles. The fourth-order valence-corrected chi connectivity index (χ4v) is 2.71. The molecule has 2 rings (SSSR count). The van der Waals surface area contributed by atoms with E-state index < -0.39 is 0 Å². The molecule has 0 radical (unpaired) electrons. The highest BCUT2D eigenvalue weighted by Crippen LogP contribution is 2.26. The summed E-state index contributed by atoms with van der Waals surface area (Å²) in [6.07, 6.45) is 8.19. The van der Waals surface area contributed by atoms with Crippen molar-refractivity contribution in [2.24, 2.45) is 5.92 Å². The molecular weight excluding hydrogens is 226 g/mol. The Kier molecular flexibility index (Phi) is 4.88. The molecule has 0 saturated heterocycles. The first-order chi connectivity index (χ1) is 8.75. The van der Waals surface area contributed by atoms with E-state index in [2.05, 4.69) is 5.32 Å². The van der Waals surface area contributed by atoms with Crippen LogP contribution in [-0.4, -0.2) is 16.8 Å². The Morgan fingerprint density at radius 2 is 1.89 bits per heavy atom. The third-order valence-corrected chi connectivity index (χ3v) is 3.84. The summed E-state index contributed by atoms with van der Waals surface area (Å²) in [7, 11) is 0. The SMILES string of the molecule is Oc1ccc(CNCCC2CCCCC2)c(O)c1. The third-order valence-electron chi connectivity index (χ3n) is 3.84. The van der Waals surface area contributed by atoms with Gasteiger partial charge < -0.3 is 15.5 Å². The highest BCUT2D eigenvalue weighted by molar-refractivity contribution is 5.38. The third kappa shape index (κ3) is 3.91. The van der Waals surface area contributed by atoms with Gasteiger partial charge in [0, 0.05) is 18.2 Å². The van der Waals surface area contributed by atoms with Gasteiger partial charge in [-0.1, -0.05) is 38.2 Å². The molecule has 3 N–H and O–H groups in total. The molecule has 1 aromatic rings. The molecule has 0 aliphatic heterocycles. The quantitative estimate of drug-likeness (QED) is 0.703. The lowest BCUT2D eigenvalue weighted by Gasteiger charge is -2.21. The van der Waals surface area contributed by atoms with Crippen LogP contribution in [0.5, 0.6) is 11.5 Å². The lowest BCUT2D eigenvalue weighted by Crippen LogP contribution is -2.19. The molecule has 1 saturated carbocycles. The summed E-state index contributed by atoms with van der Waals surface area (Å²) in [5.74, 6) is 1.17. The number of benzene rings is 1. The first kappa shape index (κ1) is 13.2. The van der Waals surface area contributed by atoms with Crippen molar-refractivity contribution in [3.63, 3.8) is 0 Å². The number of hydrogen-bond donors (Lipinski definition) is 3. The monoisotopic (exact) mass is 249 g/mol. The Morgan fingerprint density at radius 1 is 1.11 bits per heavy atom. The summed E-state index contributed by atoms with van der Waals surface area (Å²) in [5.41, 5.74) is 0.844. The van der Waals surface area contributed by atoms with Gasteiger partial charge in [0.1, 0.15) is 11.5 Å². The molecule has 0 spiro atoms. The Hall–Kier alpha value is -1.22. The molecule has 1 fully saturated rings. The first-order valence-electron chi connectivity index (χ1n) is 6.97. The predicted octanol–water partition coefficient (Wildman–Crippen LogP) is 3.16. The Balaban J connectivity index is 1.68. The van der Waals surface area contributed by atoms with Gasteiger partial charge >= 0.3 is 0 Å². The number of phenols is 2. The Morgan fingerprint density at radius 3 is 2.61 bits per heavy atom. The Labute approximate surface area is 109 Å². The van der Waals surface area contributed by atoms with Crippen LogP contribution in [0, 0.1) is 5.92 Å². The summed E-state index contributed by atoms with van der Waals surface area (Å²) in [5, 5.41) is 22.2. The van der Waals surface area contributed by atoms with Crippen molar-refractivity contribution >= 4 is 0 Å². The largest absolute Gasteiger partial charge is 0.508 e. The molecule has 0 atom stereocenters. The van der Waals surface area contributed by atoms with E-state index in [1.165, 1.54) is 44.6 Å². The molecule has 1 aromatic carbocycles. The first-order valence-corrected chi connectivity index (χ1v) is 6.97. The number of nitrogens with one attached hydrogen (secondary N) is 1. The van der Waals surface area contributed by atoms with Gasteiger partial charge in [-0.15, -0.1) is 0 Å². The van der Waals surface area contributed by atoms with Gasteiger partial charge in [-0.3, -0.25) is 0 Å². The van der Waals surface area contributed by atoms with Gasteiger partial charge in [0.2, 0.25) is 0 Å². The molecule has 3 nitrogen and oxygen atoms in total. The summed E-state index contributed by atoms with van der Waals surface area (Å²) in [6, 6.07) is 4.76. The molecule has 100 valence electrons. The summed E-state index contributed by atoms with van der Waals surface area (Å²) < 4.78 is 0. The van der Waals surface area contributed by atoms with Gasteiger partial charge in [-0.25, -0.2) is 0 Å². The van der Waals surface area contributed by atoms with Crippen LogP contribution in [0.15, 0.2) is 18.2 Å². The normalized spacial score (nSPS) is 16.9. The van der Waals surface area contributed by atoms with Gasteiger partial charge in [0.05, 0.1) is 0 Å². The van der Waals surface area contributed by atoms with Crippen LogP contribution in [0.25, 0.3) is 0 Å². The van der Waals surface area contributed by atoms with E-state index in [1.807, 2.05) is 0 Å². The van der Waals surface area contributed by atoms with Crippen LogP contribution in [-0.2, 0) is 6.54 Å². The fourth-order valence-electron chi connectivity index (χ4n) is 2.71. The van der Waals surface area contributed by atoms with Gasteiger partial charge in [-0.2, -0.15) is 0 Å². The van der Waals surface area contributed by atoms with Crippen molar-refractivity contribution in [1.82, 2.24) is 5.32 Å². The van der Waals surface area contributed by atoms with Crippen LogP contribution >= 0.6 is 0 Å². The number of phenolic OH excluding ortho intramolecular Hbond substituents is 2. The van der Waals surface area contributed by atoms with E-state index in [4.69, 9.17) is 0 Å². The zero-order valence-corrected chi connectivity index (χ0v) is 10.9. The molecular formula is C15H23NO2. The molecule has 3 heteroatoms. The van der Waals surface area contributed by atoms with E-state index in [0.717, 1.165) is 18.0 Å². The molecule has 1 aliphatic carbocycles. The molecule has 1 aliphatic rings. The minimum Gasteiger partial charge on any atom is -0.508 e. The van der Waals surface area contributed by atoms with Crippen LogP contribution < -0.4 is 5.32 Å². The fraction of sp³-hybridized carbons (Fsp3) is 0.600. The van der Waals surface area contributed by atoms with Crippen molar-refractivity contribution in [2.45, 2.75) is 45.1 Å². The topological polar surface area (TPSA) is 52.5 Å². The standard InChI is InChI=1S/C15H23NO2/c17-14-7-6-13(15(18)10-14)11-16-9-8-12-4-2-1-3-5-12/h6-7,10,12,16-18H,1-5,8-9,11H2. The lowest BCUT2D eigenvalue weighted by atomic mass is 9.87. The molecule has 0 amide bonds. The van der Waals surface area contributed by atoms with Crippen molar-refractivity contribution in [2.75, 3.05) is 6.54 Å². The van der Waals surface area contributed by atoms with Crippen molar-refractivity contribution < 1.29 is 10.2 Å². The molecule has 0 unspecified atom stereocenters. The van der Waals surface area contributed by atoms with E-state index in [-0.39, 0.29) is 11.5 Å². The van der Waals surface area contributed by atoms with E-state index in [1.54, 1.807) is 12.1 Å². The predicted molar refractivity (Wildman–Crippen MR) is 72.7 cm³/mol. The Bertz CT molecular complexity index is 373. The van der Waals surface area contributed by atoms with Crippen LogP contribution in [0.2, 0.25) is 0 Å². The van der Waals surface area contributed by atoms with Crippen LogP contribution in [0.1, 0.15) is 44.1 Å². The summed E-state index contributed by atoms with van der Waals surface area (Å²) in [4.78, 5) is 0. The molecule has 18 heavy (non-hydrogen) atoms. The summed E-state index contributed by atoms with van der Waals surface area (Å²) in [6.45, 7) is 1.67. The highest BCUT2D eigenvalue weighted by Gasteiger charge is 2.12. The maximum absolute atomic E-state index is 9.64. The van der Waals surface area contributed by atoms with E-state index >= 15 is 0 Å².